The number of hydrogen-bond donors (Lipinski definition) is 1. The first-order chi connectivity index (χ1) is 8.08. The fourth-order valence-electron chi connectivity index (χ4n) is 1.27. The van der Waals surface area contributed by atoms with Crippen molar-refractivity contribution in [2.24, 2.45) is 0 Å². The molecule has 0 atom stereocenters. The summed E-state index contributed by atoms with van der Waals surface area (Å²) in [6, 6.07) is 3.45. The van der Waals surface area contributed by atoms with Crippen LogP contribution in [0.25, 0.3) is 0 Å². The molecule has 0 unspecified atom stereocenters. The Morgan fingerprint density at radius 3 is 2.71 bits per heavy atom. The highest BCUT2D eigenvalue weighted by Gasteiger charge is 2.11. The summed E-state index contributed by atoms with van der Waals surface area (Å²) in [7, 11) is 0. The number of nitrogens with one attached hydrogen (secondary N) is 1. The van der Waals surface area contributed by atoms with E-state index >= 15 is 0 Å². The van der Waals surface area contributed by atoms with Gasteiger partial charge < -0.3 is 5.32 Å². The highest BCUT2D eigenvalue weighted by Crippen LogP contribution is 2.31. The second-order valence-corrected chi connectivity index (χ2v) is 4.49. The minimum absolute atomic E-state index is 0.0220. The first-order valence-corrected chi connectivity index (χ1v) is 5.76. The van der Waals surface area contributed by atoms with E-state index in [1.165, 1.54) is 0 Å². The Labute approximate surface area is 110 Å². The van der Waals surface area contributed by atoms with Gasteiger partial charge in [0.2, 0.25) is 0 Å². The number of hydrogen-bond acceptors (Lipinski definition) is 2. The number of rotatable bonds is 2. The molecule has 0 radical (unpaired) electrons. The van der Waals surface area contributed by atoms with E-state index in [0.29, 0.717) is 10.2 Å². The Balaban J connectivity index is 2.40. The third kappa shape index (κ3) is 2.73. The molecule has 0 aliphatic carbocycles. The third-order valence-corrected chi connectivity index (χ3v) is 2.97. The van der Waals surface area contributed by atoms with Gasteiger partial charge in [0.25, 0.3) is 0 Å². The molecule has 2 rings (SSSR count). The Morgan fingerprint density at radius 2 is 2.06 bits per heavy atom. The van der Waals surface area contributed by atoms with Crippen molar-refractivity contribution in [3.8, 4) is 0 Å². The van der Waals surface area contributed by atoms with Gasteiger partial charge in [-0.2, -0.15) is 0 Å². The van der Waals surface area contributed by atoms with Gasteiger partial charge in [-0.15, -0.1) is 0 Å². The van der Waals surface area contributed by atoms with Gasteiger partial charge in [0, 0.05) is 18.5 Å². The molecule has 0 aliphatic rings. The molecule has 0 spiro atoms. The molecular weight excluding hydrogens is 313 g/mol. The van der Waals surface area contributed by atoms with Gasteiger partial charge in [-0.05, 0) is 28.1 Å². The van der Waals surface area contributed by atoms with Gasteiger partial charge in [0.15, 0.2) is 5.82 Å². The number of nitrogens with zero attached hydrogens (tertiary/aromatic N) is 1. The molecule has 2 nitrogen and oxygen atoms in total. The minimum Gasteiger partial charge on any atom is -0.351 e. The van der Waals surface area contributed by atoms with Gasteiger partial charge in [-0.25, -0.2) is 8.78 Å². The van der Waals surface area contributed by atoms with E-state index < -0.39 is 11.6 Å². The van der Waals surface area contributed by atoms with E-state index in [1.54, 1.807) is 18.5 Å². The molecule has 1 aromatic carbocycles. The molecule has 0 saturated heterocycles. The van der Waals surface area contributed by atoms with Crippen LogP contribution in [-0.4, -0.2) is 4.98 Å². The molecule has 2 aromatic rings. The summed E-state index contributed by atoms with van der Waals surface area (Å²) in [5.74, 6) is -1.47. The summed E-state index contributed by atoms with van der Waals surface area (Å²) in [6.45, 7) is 0. The average Bonchev–Trinajstić information content (AvgIpc) is 2.25. The highest BCUT2D eigenvalue weighted by molar-refractivity contribution is 9.10. The van der Waals surface area contributed by atoms with Crippen LogP contribution in [0, 0.1) is 11.6 Å². The lowest BCUT2D eigenvalue weighted by Crippen LogP contribution is -1.97. The van der Waals surface area contributed by atoms with Crippen molar-refractivity contribution in [2.75, 3.05) is 5.32 Å². The normalized spacial score (nSPS) is 10.4. The van der Waals surface area contributed by atoms with Crippen molar-refractivity contribution in [1.29, 1.82) is 0 Å². The second-order valence-electron chi connectivity index (χ2n) is 3.22. The number of halogens is 4. The lowest BCUT2D eigenvalue weighted by atomic mass is 10.2. The van der Waals surface area contributed by atoms with Gasteiger partial charge in [0.05, 0.1) is 20.9 Å². The molecule has 1 heterocycles. The average molecular weight is 320 g/mol. The summed E-state index contributed by atoms with van der Waals surface area (Å²) in [6.07, 6.45) is 3.10. The molecule has 0 aliphatic heterocycles. The number of aromatic nitrogens is 1. The lowest BCUT2D eigenvalue weighted by Gasteiger charge is -2.10. The minimum atomic E-state index is -0.751. The Morgan fingerprint density at radius 1 is 1.29 bits per heavy atom. The Kier molecular flexibility index (Phi) is 3.59. The van der Waals surface area contributed by atoms with Crippen molar-refractivity contribution < 1.29 is 8.78 Å². The quantitative estimate of drug-likeness (QED) is 0.880. The van der Waals surface area contributed by atoms with Gasteiger partial charge in [-0.3, -0.25) is 4.98 Å². The van der Waals surface area contributed by atoms with Crippen LogP contribution in [0.4, 0.5) is 20.2 Å². The smallest absolute Gasteiger partial charge is 0.151 e. The standard InChI is InChI=1S/C11H6BrClF2N2/c12-7-5-16-2-1-10(7)17-11-8(13)3-6(14)4-9(11)15/h1-5H,(H,16,17). The predicted molar refractivity (Wildman–Crippen MR) is 66.6 cm³/mol. The molecule has 17 heavy (non-hydrogen) atoms. The summed E-state index contributed by atoms with van der Waals surface area (Å²) >= 11 is 9.02. The van der Waals surface area contributed by atoms with Crippen LogP contribution in [0.3, 0.4) is 0 Å². The van der Waals surface area contributed by atoms with E-state index in [0.717, 1.165) is 12.1 Å². The summed E-state index contributed by atoms with van der Waals surface area (Å²) < 4.78 is 27.0. The van der Waals surface area contributed by atoms with Crippen LogP contribution in [-0.2, 0) is 0 Å². The molecule has 6 heteroatoms. The first-order valence-electron chi connectivity index (χ1n) is 4.59. The van der Waals surface area contributed by atoms with Crippen molar-refractivity contribution in [1.82, 2.24) is 4.98 Å². The van der Waals surface area contributed by atoms with Crippen LogP contribution in [0.5, 0.6) is 0 Å². The van der Waals surface area contributed by atoms with Crippen LogP contribution >= 0.6 is 27.5 Å². The number of benzene rings is 1. The first kappa shape index (κ1) is 12.3. The molecule has 88 valence electrons. The fourth-order valence-corrected chi connectivity index (χ4v) is 1.86. The zero-order valence-electron chi connectivity index (χ0n) is 8.35. The maximum absolute atomic E-state index is 13.5. The van der Waals surface area contributed by atoms with Gasteiger partial charge in [0.1, 0.15) is 5.82 Å². The molecule has 0 bridgehead atoms. The second kappa shape index (κ2) is 4.98. The maximum Gasteiger partial charge on any atom is 0.151 e. The largest absolute Gasteiger partial charge is 0.351 e. The zero-order valence-corrected chi connectivity index (χ0v) is 10.7. The lowest BCUT2D eigenvalue weighted by molar-refractivity contribution is 0.586. The van der Waals surface area contributed by atoms with Crippen LogP contribution in [0.1, 0.15) is 0 Å². The third-order valence-electron chi connectivity index (χ3n) is 2.04. The van der Waals surface area contributed by atoms with E-state index in [1.807, 2.05) is 0 Å². The SMILES string of the molecule is Fc1cc(F)c(Nc2ccncc2Br)c(Cl)c1. The van der Waals surface area contributed by atoms with Crippen LogP contribution < -0.4 is 5.32 Å². The molecule has 0 fully saturated rings. The molecule has 0 saturated carbocycles. The monoisotopic (exact) mass is 318 g/mol. The molecule has 1 aromatic heterocycles. The van der Waals surface area contributed by atoms with Crippen molar-refractivity contribution in [2.45, 2.75) is 0 Å². The summed E-state index contributed by atoms with van der Waals surface area (Å²) in [5, 5.41) is 2.75. The van der Waals surface area contributed by atoms with E-state index in [4.69, 9.17) is 11.6 Å². The van der Waals surface area contributed by atoms with E-state index in [2.05, 4.69) is 26.2 Å². The van der Waals surface area contributed by atoms with Crippen molar-refractivity contribution in [3.05, 3.63) is 51.7 Å². The number of pyridine rings is 1. The highest BCUT2D eigenvalue weighted by atomic mass is 79.9. The topological polar surface area (TPSA) is 24.9 Å². The van der Waals surface area contributed by atoms with E-state index in [-0.39, 0.29) is 10.7 Å². The summed E-state index contributed by atoms with van der Waals surface area (Å²) in [4.78, 5) is 3.87. The van der Waals surface area contributed by atoms with Crippen molar-refractivity contribution >= 4 is 38.9 Å². The predicted octanol–water partition coefficient (Wildman–Crippen LogP) is 4.52. The number of anilines is 2. The zero-order chi connectivity index (χ0) is 12.4. The van der Waals surface area contributed by atoms with E-state index in [9.17, 15) is 8.78 Å². The van der Waals surface area contributed by atoms with Crippen LogP contribution in [0.15, 0.2) is 35.1 Å². The van der Waals surface area contributed by atoms with Gasteiger partial charge in [-0.1, -0.05) is 11.6 Å². The molecule has 1 N–H and O–H groups in total. The van der Waals surface area contributed by atoms with Crippen molar-refractivity contribution in [3.63, 3.8) is 0 Å². The molecular formula is C11H6BrClF2N2. The Bertz CT molecular complexity index is 540. The van der Waals surface area contributed by atoms with Gasteiger partial charge >= 0.3 is 0 Å². The maximum atomic E-state index is 13.5. The summed E-state index contributed by atoms with van der Waals surface area (Å²) in [5.41, 5.74) is 0.618. The molecule has 0 amide bonds. The fraction of sp³-hybridized carbons (Fsp3) is 0. The Hall–Kier alpha value is -1.20. The van der Waals surface area contributed by atoms with Crippen LogP contribution in [0.2, 0.25) is 5.02 Å².